The van der Waals surface area contributed by atoms with Crippen molar-refractivity contribution >= 4 is 12.0 Å². The van der Waals surface area contributed by atoms with Crippen LogP contribution in [0.1, 0.15) is 45.1 Å². The monoisotopic (exact) mass is 350 g/mol. The third-order valence-electron chi connectivity index (χ3n) is 3.88. The van der Waals surface area contributed by atoms with E-state index < -0.39 is 12.5 Å². The van der Waals surface area contributed by atoms with E-state index in [2.05, 4.69) is 23.9 Å². The molecule has 0 spiro atoms. The Balaban J connectivity index is 2.68. The largest absolute Gasteiger partial charge is 0.435 e. The van der Waals surface area contributed by atoms with Crippen molar-refractivity contribution < 1.29 is 18.3 Å². The van der Waals surface area contributed by atoms with E-state index in [-0.39, 0.29) is 11.3 Å². The highest BCUT2D eigenvalue weighted by Gasteiger charge is 2.12. The van der Waals surface area contributed by atoms with Crippen molar-refractivity contribution in [2.45, 2.75) is 46.1 Å². The highest BCUT2D eigenvalue weighted by molar-refractivity contribution is 6.01. The second kappa shape index (κ2) is 11.2. The van der Waals surface area contributed by atoms with E-state index in [4.69, 9.17) is 0 Å². The Morgan fingerprint density at radius 2 is 2.00 bits per heavy atom. The average molecular weight is 350 g/mol. The minimum absolute atomic E-state index is 0.0205. The SMILES string of the molecule is CCCC[C@@H](CC)CNC(=O)/C(C#N)=C/c1ccc(OC(F)F)cc1. The number of alkyl halides is 2. The number of benzene rings is 1. The molecule has 0 saturated heterocycles. The number of carbonyl (C=O) groups excluding carboxylic acids is 1. The molecular weight excluding hydrogens is 326 g/mol. The first-order chi connectivity index (χ1) is 12.0. The number of ether oxygens (including phenoxy) is 1. The van der Waals surface area contributed by atoms with Crippen molar-refractivity contribution in [1.29, 1.82) is 5.26 Å². The molecular formula is C19H24F2N2O2. The number of unbranched alkanes of at least 4 members (excludes halogenated alkanes) is 1. The lowest BCUT2D eigenvalue weighted by molar-refractivity contribution is -0.117. The standard InChI is InChI=1S/C19H24F2N2O2/c1-3-5-6-14(4-2)13-23-18(24)16(12-22)11-15-7-9-17(10-8-15)25-19(20)21/h7-11,14,19H,3-6,13H2,1-2H3,(H,23,24)/b16-11+/t14-/m1/s1. The summed E-state index contributed by atoms with van der Waals surface area (Å²) in [4.78, 5) is 12.2. The van der Waals surface area contributed by atoms with Crippen molar-refractivity contribution in [3.05, 3.63) is 35.4 Å². The fourth-order valence-electron chi connectivity index (χ4n) is 2.34. The minimum atomic E-state index is -2.89. The van der Waals surface area contributed by atoms with Gasteiger partial charge in [-0.2, -0.15) is 14.0 Å². The molecule has 0 aliphatic heterocycles. The Hall–Kier alpha value is -2.42. The van der Waals surface area contributed by atoms with Gasteiger partial charge in [0.1, 0.15) is 17.4 Å². The van der Waals surface area contributed by atoms with Gasteiger partial charge in [-0.1, -0.05) is 45.2 Å². The number of carbonyl (C=O) groups is 1. The van der Waals surface area contributed by atoms with Gasteiger partial charge in [0, 0.05) is 6.54 Å². The number of nitrogens with zero attached hydrogens (tertiary/aromatic N) is 1. The van der Waals surface area contributed by atoms with Gasteiger partial charge in [-0.15, -0.1) is 0 Å². The van der Waals surface area contributed by atoms with E-state index in [9.17, 15) is 18.8 Å². The molecule has 0 bridgehead atoms. The van der Waals surface area contributed by atoms with Crippen LogP contribution in [-0.2, 0) is 4.79 Å². The van der Waals surface area contributed by atoms with Gasteiger partial charge in [-0.25, -0.2) is 0 Å². The number of nitriles is 1. The molecule has 136 valence electrons. The van der Waals surface area contributed by atoms with Crippen LogP contribution in [0.3, 0.4) is 0 Å². The molecule has 1 N–H and O–H groups in total. The van der Waals surface area contributed by atoms with Crippen LogP contribution in [-0.4, -0.2) is 19.1 Å². The van der Waals surface area contributed by atoms with Gasteiger partial charge in [0.05, 0.1) is 0 Å². The first kappa shape index (κ1) is 20.6. The van der Waals surface area contributed by atoms with Crippen LogP contribution in [0.25, 0.3) is 6.08 Å². The lowest BCUT2D eigenvalue weighted by atomic mass is 9.99. The zero-order chi connectivity index (χ0) is 18.7. The van der Waals surface area contributed by atoms with E-state index in [1.807, 2.05) is 6.07 Å². The third kappa shape index (κ3) is 7.79. The Bertz CT molecular complexity index is 607. The summed E-state index contributed by atoms with van der Waals surface area (Å²) in [6, 6.07) is 7.63. The average Bonchev–Trinajstić information content (AvgIpc) is 2.60. The number of amides is 1. The number of hydrogen-bond donors (Lipinski definition) is 1. The molecule has 0 aliphatic rings. The molecule has 25 heavy (non-hydrogen) atoms. The van der Waals surface area contributed by atoms with Crippen LogP contribution in [0.5, 0.6) is 5.75 Å². The summed E-state index contributed by atoms with van der Waals surface area (Å²) in [7, 11) is 0. The van der Waals surface area contributed by atoms with Crippen LogP contribution < -0.4 is 10.1 Å². The third-order valence-corrected chi connectivity index (χ3v) is 3.88. The Kier molecular flexibility index (Phi) is 9.23. The molecule has 0 aliphatic carbocycles. The molecule has 1 rings (SSSR count). The molecule has 0 fully saturated rings. The fraction of sp³-hybridized carbons (Fsp3) is 0.474. The Morgan fingerprint density at radius 1 is 1.32 bits per heavy atom. The number of hydrogen-bond acceptors (Lipinski definition) is 3. The maximum absolute atomic E-state index is 12.2. The molecule has 0 aromatic heterocycles. The van der Waals surface area contributed by atoms with Crippen molar-refractivity contribution in [2.24, 2.45) is 5.92 Å². The van der Waals surface area contributed by atoms with Gasteiger partial charge in [-0.05, 0) is 36.1 Å². The molecule has 1 aromatic carbocycles. The topological polar surface area (TPSA) is 62.1 Å². The smallest absolute Gasteiger partial charge is 0.387 e. The molecule has 6 heteroatoms. The van der Waals surface area contributed by atoms with Crippen LogP contribution >= 0.6 is 0 Å². The summed E-state index contributed by atoms with van der Waals surface area (Å²) < 4.78 is 28.5. The predicted molar refractivity (Wildman–Crippen MR) is 93.0 cm³/mol. The van der Waals surface area contributed by atoms with Crippen molar-refractivity contribution in [2.75, 3.05) is 6.54 Å². The maximum atomic E-state index is 12.2. The van der Waals surface area contributed by atoms with Crippen LogP contribution in [0.2, 0.25) is 0 Å². The first-order valence-electron chi connectivity index (χ1n) is 8.45. The first-order valence-corrected chi connectivity index (χ1v) is 8.45. The minimum Gasteiger partial charge on any atom is -0.435 e. The van der Waals surface area contributed by atoms with Gasteiger partial charge in [0.25, 0.3) is 5.91 Å². The summed E-state index contributed by atoms with van der Waals surface area (Å²) in [5.41, 5.74) is 0.541. The highest BCUT2D eigenvalue weighted by Crippen LogP contribution is 2.17. The molecule has 1 atom stereocenters. The Labute approximate surface area is 147 Å². The summed E-state index contributed by atoms with van der Waals surface area (Å²) in [5.74, 6) is -0.00296. The highest BCUT2D eigenvalue weighted by atomic mass is 19.3. The van der Waals surface area contributed by atoms with E-state index in [1.165, 1.54) is 30.3 Å². The maximum Gasteiger partial charge on any atom is 0.387 e. The fourth-order valence-corrected chi connectivity index (χ4v) is 2.34. The number of halogens is 2. The van der Waals surface area contributed by atoms with Crippen LogP contribution in [0, 0.1) is 17.2 Å². The molecule has 0 unspecified atom stereocenters. The molecule has 0 saturated carbocycles. The normalized spacial score (nSPS) is 12.6. The Morgan fingerprint density at radius 3 is 2.52 bits per heavy atom. The van der Waals surface area contributed by atoms with Gasteiger partial charge < -0.3 is 10.1 Å². The van der Waals surface area contributed by atoms with Crippen LogP contribution in [0.15, 0.2) is 29.8 Å². The zero-order valence-electron chi connectivity index (χ0n) is 14.6. The van der Waals surface area contributed by atoms with Gasteiger partial charge in [0.15, 0.2) is 0 Å². The predicted octanol–water partition coefficient (Wildman–Crippen LogP) is 4.53. The van der Waals surface area contributed by atoms with Crippen molar-refractivity contribution in [3.8, 4) is 11.8 Å². The lowest BCUT2D eigenvalue weighted by Crippen LogP contribution is -2.30. The summed E-state index contributed by atoms with van der Waals surface area (Å²) >= 11 is 0. The second-order valence-corrected chi connectivity index (χ2v) is 5.74. The number of nitrogens with one attached hydrogen (secondary N) is 1. The van der Waals surface area contributed by atoms with E-state index in [0.717, 1.165) is 25.7 Å². The van der Waals surface area contributed by atoms with E-state index in [0.29, 0.717) is 18.0 Å². The summed E-state index contributed by atoms with van der Waals surface area (Å²) in [6.07, 6.45) is 5.66. The van der Waals surface area contributed by atoms with Crippen LogP contribution in [0.4, 0.5) is 8.78 Å². The van der Waals surface area contributed by atoms with Gasteiger partial charge >= 0.3 is 6.61 Å². The molecule has 1 amide bonds. The van der Waals surface area contributed by atoms with Crippen molar-refractivity contribution in [3.63, 3.8) is 0 Å². The summed E-state index contributed by atoms with van der Waals surface area (Å²) in [6.45, 7) is 1.85. The lowest BCUT2D eigenvalue weighted by Gasteiger charge is -2.15. The quantitative estimate of drug-likeness (QED) is 0.498. The molecule has 0 heterocycles. The number of rotatable bonds is 10. The van der Waals surface area contributed by atoms with E-state index in [1.54, 1.807) is 0 Å². The molecule has 1 aromatic rings. The van der Waals surface area contributed by atoms with E-state index >= 15 is 0 Å². The summed E-state index contributed by atoms with van der Waals surface area (Å²) in [5, 5.41) is 12.0. The van der Waals surface area contributed by atoms with Gasteiger partial charge in [-0.3, -0.25) is 4.79 Å². The molecule has 0 radical (unpaired) electrons. The van der Waals surface area contributed by atoms with Gasteiger partial charge in [0.2, 0.25) is 0 Å². The molecule has 4 nitrogen and oxygen atoms in total. The van der Waals surface area contributed by atoms with Crippen molar-refractivity contribution in [1.82, 2.24) is 5.32 Å². The second-order valence-electron chi connectivity index (χ2n) is 5.74. The zero-order valence-corrected chi connectivity index (χ0v) is 14.6.